The van der Waals surface area contributed by atoms with Crippen LogP contribution in [0.5, 0.6) is 0 Å². The van der Waals surface area contributed by atoms with Crippen molar-refractivity contribution in [2.24, 2.45) is 17.8 Å². The second-order valence-electron chi connectivity index (χ2n) is 4.27. The average molecular weight is 180 g/mol. The molecule has 1 heterocycles. The Morgan fingerprint density at radius 1 is 1.54 bits per heavy atom. The molecule has 1 aliphatic carbocycles. The van der Waals surface area contributed by atoms with Gasteiger partial charge in [0.15, 0.2) is 0 Å². The van der Waals surface area contributed by atoms with E-state index >= 15 is 0 Å². The number of esters is 1. The first kappa shape index (κ1) is 8.79. The van der Waals surface area contributed by atoms with Gasteiger partial charge in [0.2, 0.25) is 0 Å². The molecule has 2 nitrogen and oxygen atoms in total. The summed E-state index contributed by atoms with van der Waals surface area (Å²) in [6, 6.07) is 0. The van der Waals surface area contributed by atoms with Crippen LogP contribution in [-0.4, -0.2) is 12.6 Å². The molecule has 1 aliphatic heterocycles. The topological polar surface area (TPSA) is 26.3 Å². The van der Waals surface area contributed by atoms with Crippen LogP contribution < -0.4 is 0 Å². The molecule has 3 atom stereocenters. The molecule has 0 aromatic rings. The van der Waals surface area contributed by atoms with Crippen molar-refractivity contribution in [3.05, 3.63) is 11.6 Å². The fourth-order valence-corrected chi connectivity index (χ4v) is 2.32. The van der Waals surface area contributed by atoms with Crippen molar-refractivity contribution in [1.29, 1.82) is 0 Å². The quantitative estimate of drug-likeness (QED) is 0.422. The third kappa shape index (κ3) is 1.50. The van der Waals surface area contributed by atoms with Gasteiger partial charge in [-0.1, -0.05) is 18.6 Å². The van der Waals surface area contributed by atoms with Crippen LogP contribution in [0.3, 0.4) is 0 Å². The predicted molar refractivity (Wildman–Crippen MR) is 50.1 cm³/mol. The molecule has 0 radical (unpaired) electrons. The van der Waals surface area contributed by atoms with Gasteiger partial charge in [-0.05, 0) is 31.6 Å². The van der Waals surface area contributed by atoms with Gasteiger partial charge in [0, 0.05) is 0 Å². The van der Waals surface area contributed by atoms with Crippen LogP contribution in [-0.2, 0) is 9.53 Å². The van der Waals surface area contributed by atoms with E-state index < -0.39 is 0 Å². The average Bonchev–Trinajstić information content (AvgIpc) is 2.09. The Morgan fingerprint density at radius 3 is 3.08 bits per heavy atom. The molecule has 0 saturated carbocycles. The highest BCUT2D eigenvalue weighted by Crippen LogP contribution is 2.37. The molecule has 0 aromatic heterocycles. The Kier molecular flexibility index (Phi) is 2.14. The Hall–Kier alpha value is -0.790. The van der Waals surface area contributed by atoms with E-state index in [0.717, 1.165) is 12.8 Å². The molecule has 1 fully saturated rings. The summed E-state index contributed by atoms with van der Waals surface area (Å²) in [7, 11) is 0. The lowest BCUT2D eigenvalue weighted by Gasteiger charge is -2.34. The van der Waals surface area contributed by atoms with Crippen LogP contribution >= 0.6 is 0 Å². The number of ether oxygens (including phenoxy) is 1. The number of allylic oxidation sites excluding steroid dienone is 2. The predicted octanol–water partition coefficient (Wildman–Crippen LogP) is 2.15. The normalized spacial score (nSPS) is 39.1. The molecule has 0 amide bonds. The van der Waals surface area contributed by atoms with E-state index in [1.165, 1.54) is 5.57 Å². The summed E-state index contributed by atoms with van der Waals surface area (Å²) in [6.07, 6.45) is 4.27. The van der Waals surface area contributed by atoms with Gasteiger partial charge in [0.05, 0.1) is 12.5 Å². The highest BCUT2D eigenvalue weighted by Gasteiger charge is 2.36. The highest BCUT2D eigenvalue weighted by molar-refractivity contribution is 5.74. The fraction of sp³-hybridized carbons (Fsp3) is 0.727. The molecule has 72 valence electrons. The van der Waals surface area contributed by atoms with E-state index in [9.17, 15) is 4.79 Å². The third-order valence-electron chi connectivity index (χ3n) is 3.38. The zero-order valence-corrected chi connectivity index (χ0v) is 8.25. The van der Waals surface area contributed by atoms with Crippen LogP contribution in [0.2, 0.25) is 0 Å². The zero-order chi connectivity index (χ0) is 9.42. The maximum atomic E-state index is 11.4. The Morgan fingerprint density at radius 2 is 2.31 bits per heavy atom. The lowest BCUT2D eigenvalue weighted by molar-refractivity contribution is -0.156. The largest absolute Gasteiger partial charge is 0.465 e. The Balaban J connectivity index is 2.21. The van der Waals surface area contributed by atoms with Gasteiger partial charge in [0.25, 0.3) is 0 Å². The molecular weight excluding hydrogens is 164 g/mol. The minimum atomic E-state index is 0.0202. The smallest absolute Gasteiger partial charge is 0.309 e. The minimum Gasteiger partial charge on any atom is -0.465 e. The van der Waals surface area contributed by atoms with E-state index in [1.54, 1.807) is 0 Å². The van der Waals surface area contributed by atoms with Crippen molar-refractivity contribution in [3.63, 3.8) is 0 Å². The van der Waals surface area contributed by atoms with Gasteiger partial charge in [-0.2, -0.15) is 0 Å². The number of fused-ring (bicyclic) bond motifs is 1. The van der Waals surface area contributed by atoms with E-state index in [2.05, 4.69) is 19.9 Å². The molecule has 0 N–H and O–H groups in total. The van der Waals surface area contributed by atoms with Gasteiger partial charge in [-0.25, -0.2) is 0 Å². The number of rotatable bonds is 0. The zero-order valence-electron chi connectivity index (χ0n) is 8.25. The number of carbonyl (C=O) groups excluding carboxylic acids is 1. The second-order valence-corrected chi connectivity index (χ2v) is 4.27. The molecule has 1 saturated heterocycles. The molecule has 2 heteroatoms. The van der Waals surface area contributed by atoms with Crippen molar-refractivity contribution >= 4 is 5.97 Å². The lowest BCUT2D eigenvalue weighted by atomic mass is 9.74. The standard InChI is InChI=1S/C11H16O2/c1-7-5-9-3-4-13-11(12)10(9)6-8(7)2/h5,8-10H,3-4,6H2,1-2H3/t8-,9-,10+/m0/s1. The molecule has 0 aromatic carbocycles. The number of carbonyl (C=O) groups is 1. The van der Waals surface area contributed by atoms with E-state index in [4.69, 9.17) is 4.74 Å². The molecule has 2 rings (SSSR count). The summed E-state index contributed by atoms with van der Waals surface area (Å²) in [6.45, 7) is 4.96. The van der Waals surface area contributed by atoms with E-state index in [1.807, 2.05) is 0 Å². The van der Waals surface area contributed by atoms with Crippen LogP contribution in [0.15, 0.2) is 11.6 Å². The first-order chi connectivity index (χ1) is 6.18. The number of hydrogen-bond donors (Lipinski definition) is 0. The van der Waals surface area contributed by atoms with Gasteiger partial charge in [0.1, 0.15) is 0 Å². The molecule has 13 heavy (non-hydrogen) atoms. The summed E-state index contributed by atoms with van der Waals surface area (Å²) in [4.78, 5) is 11.4. The lowest BCUT2D eigenvalue weighted by Crippen LogP contribution is -2.35. The summed E-state index contributed by atoms with van der Waals surface area (Å²) in [5.41, 5.74) is 1.44. The molecule has 0 unspecified atom stereocenters. The number of cyclic esters (lactones) is 1. The maximum Gasteiger partial charge on any atom is 0.309 e. The van der Waals surface area contributed by atoms with Gasteiger partial charge in [-0.3, -0.25) is 4.79 Å². The van der Waals surface area contributed by atoms with E-state index in [-0.39, 0.29) is 11.9 Å². The summed E-state index contributed by atoms with van der Waals surface area (Å²) in [5.74, 6) is 1.17. The van der Waals surface area contributed by atoms with Crippen LogP contribution in [0.25, 0.3) is 0 Å². The Bertz CT molecular complexity index is 255. The molecule has 0 spiro atoms. The Labute approximate surface area is 79.0 Å². The van der Waals surface area contributed by atoms with Gasteiger partial charge >= 0.3 is 5.97 Å². The number of hydrogen-bond acceptors (Lipinski definition) is 2. The van der Waals surface area contributed by atoms with Crippen molar-refractivity contribution < 1.29 is 9.53 Å². The maximum absolute atomic E-state index is 11.4. The minimum absolute atomic E-state index is 0.0202. The van der Waals surface area contributed by atoms with Crippen molar-refractivity contribution in [1.82, 2.24) is 0 Å². The first-order valence-electron chi connectivity index (χ1n) is 5.03. The second kappa shape index (κ2) is 3.17. The fourth-order valence-electron chi connectivity index (χ4n) is 2.32. The van der Waals surface area contributed by atoms with Crippen LogP contribution in [0, 0.1) is 17.8 Å². The SMILES string of the molecule is CC1=C[C@@H]2CCOC(=O)[C@@H]2C[C@@H]1C. The van der Waals surface area contributed by atoms with Gasteiger partial charge in [-0.15, -0.1) is 0 Å². The summed E-state index contributed by atoms with van der Waals surface area (Å²) < 4.78 is 5.06. The van der Waals surface area contributed by atoms with Gasteiger partial charge < -0.3 is 4.74 Å². The van der Waals surface area contributed by atoms with Crippen LogP contribution in [0.1, 0.15) is 26.7 Å². The highest BCUT2D eigenvalue weighted by atomic mass is 16.5. The molecule has 0 bridgehead atoms. The van der Waals surface area contributed by atoms with Crippen molar-refractivity contribution in [2.45, 2.75) is 26.7 Å². The van der Waals surface area contributed by atoms with Crippen molar-refractivity contribution in [2.75, 3.05) is 6.61 Å². The molecular formula is C11H16O2. The monoisotopic (exact) mass is 180 g/mol. The summed E-state index contributed by atoms with van der Waals surface area (Å²) in [5, 5.41) is 0. The summed E-state index contributed by atoms with van der Waals surface area (Å²) >= 11 is 0. The van der Waals surface area contributed by atoms with Crippen molar-refractivity contribution in [3.8, 4) is 0 Å². The third-order valence-corrected chi connectivity index (χ3v) is 3.38. The van der Waals surface area contributed by atoms with Crippen LogP contribution in [0.4, 0.5) is 0 Å². The van der Waals surface area contributed by atoms with E-state index in [0.29, 0.717) is 18.4 Å². The molecule has 2 aliphatic rings. The first-order valence-corrected chi connectivity index (χ1v) is 5.03.